The number of allylic oxidation sites excluding steroid dienone is 6. The van der Waals surface area contributed by atoms with Gasteiger partial charge < -0.3 is 60.6 Å². The summed E-state index contributed by atoms with van der Waals surface area (Å²) in [4.78, 5) is 44.5. The van der Waals surface area contributed by atoms with Crippen LogP contribution in [0.5, 0.6) is 5.75 Å². The molecule has 0 aromatic heterocycles. The highest BCUT2D eigenvalue weighted by Gasteiger charge is 2.67. The average molecular weight is 1030 g/mol. The van der Waals surface area contributed by atoms with Gasteiger partial charge in [-0.2, -0.15) is 0 Å². The normalized spacial score (nSPS) is 38.2. The number of rotatable bonds is 8. The second kappa shape index (κ2) is 19.3. The van der Waals surface area contributed by atoms with Gasteiger partial charge in [0.05, 0.1) is 42.0 Å². The molecule has 14 nitrogen and oxygen atoms in total. The van der Waals surface area contributed by atoms with Gasteiger partial charge in [0.2, 0.25) is 6.29 Å². The zero-order valence-corrected chi connectivity index (χ0v) is 42.2. The summed E-state index contributed by atoms with van der Waals surface area (Å²) < 4.78 is 12.8. The first-order valence-electron chi connectivity index (χ1n) is 26.1. The number of carbonyl (C=O) groups excluding carboxylic acids is 3. The van der Waals surface area contributed by atoms with Crippen LogP contribution in [0.15, 0.2) is 89.0 Å². The first-order chi connectivity index (χ1) is 34.7. The van der Waals surface area contributed by atoms with E-state index >= 15 is 9.59 Å². The molecule has 1 saturated heterocycles. The Bertz CT molecular complexity index is 2630. The van der Waals surface area contributed by atoms with Crippen molar-refractivity contribution >= 4 is 39.4 Å². The Hall–Kier alpha value is -3.97. The molecule has 16 heteroatoms. The van der Waals surface area contributed by atoms with E-state index < -0.39 is 76.0 Å². The van der Waals surface area contributed by atoms with Gasteiger partial charge in [-0.15, -0.1) is 0 Å². The molecule has 0 unspecified atom stereocenters. The van der Waals surface area contributed by atoms with Crippen molar-refractivity contribution in [3.8, 4) is 5.75 Å². The predicted molar refractivity (Wildman–Crippen MR) is 271 cm³/mol. The number of hydrogen-bond acceptors (Lipinski definition) is 16. The highest BCUT2D eigenvalue weighted by atomic mass is 33.1. The largest absolute Gasteiger partial charge is 0.511 e. The molecule has 72 heavy (non-hydrogen) atoms. The summed E-state index contributed by atoms with van der Waals surface area (Å²) in [6.07, 6.45) is 9.74. The molecular formula is C56H68N2O12S2. The average Bonchev–Trinajstić information content (AvgIpc) is 3.94. The maximum absolute atomic E-state index is 16.2. The molecule has 6 aliphatic carbocycles. The van der Waals surface area contributed by atoms with Gasteiger partial charge in [0.1, 0.15) is 47.1 Å². The first kappa shape index (κ1) is 50.2. The number of Topliss-reactive ketones (excluding diaryl/α,β-unsaturated/α-hetero) is 2. The SMILES string of the molecule is O=C[C@H]1CCC[C@]12C[C@@H]1CCC3=C4C=C(NCSS[C@@H](CCC5(O)CCCCC5)[C@]56C(=O)c7c(cccc7C(=O)[C@H]5C=C(Cc5cccc(CO)c5)C=C6O)O[C@@H]5O[C@H](CO)[C@@H](O)[C@@](O)(C[C@]41C2)[C@H]5O)NC3. The number of aldehydes is 1. The number of fused-ring (bicyclic) bond motifs is 2. The Labute approximate surface area is 428 Å². The van der Waals surface area contributed by atoms with Crippen LogP contribution < -0.4 is 15.4 Å². The Balaban J connectivity index is 1.06. The number of ketones is 2. The van der Waals surface area contributed by atoms with Crippen LogP contribution >= 0.6 is 21.6 Å². The van der Waals surface area contributed by atoms with Crippen molar-refractivity contribution < 1.29 is 59.6 Å². The number of dihydropyridines is 1. The number of nitrogens with one attached hydrogen (secondary N) is 2. The number of benzene rings is 2. The Morgan fingerprint density at radius 1 is 0.903 bits per heavy atom. The molecule has 3 spiro atoms. The highest BCUT2D eigenvalue weighted by Crippen LogP contribution is 2.70. The highest BCUT2D eigenvalue weighted by molar-refractivity contribution is 8.76. The van der Waals surface area contributed by atoms with Crippen molar-refractivity contribution in [2.45, 2.75) is 150 Å². The summed E-state index contributed by atoms with van der Waals surface area (Å²) in [5.41, 5.74) is -2.15. The lowest BCUT2D eigenvalue weighted by atomic mass is 9.56. The van der Waals surface area contributed by atoms with Crippen LogP contribution in [0.1, 0.15) is 128 Å². The maximum atomic E-state index is 16.2. The number of ether oxygens (including phenoxy) is 2. The van der Waals surface area contributed by atoms with Gasteiger partial charge in [-0.1, -0.05) is 89.7 Å². The molecule has 0 amide bonds. The Kier molecular flexibility index (Phi) is 13.5. The second-order valence-corrected chi connectivity index (χ2v) is 25.2. The van der Waals surface area contributed by atoms with E-state index in [1.165, 1.54) is 27.7 Å². The van der Waals surface area contributed by atoms with E-state index in [0.717, 1.165) is 86.6 Å². The molecule has 0 radical (unpaired) electrons. The molecule has 9 N–H and O–H groups in total. The van der Waals surface area contributed by atoms with Crippen LogP contribution in [0.3, 0.4) is 0 Å². The van der Waals surface area contributed by atoms with Crippen molar-refractivity contribution in [2.75, 3.05) is 19.0 Å². The van der Waals surface area contributed by atoms with Crippen molar-refractivity contribution in [2.24, 2.45) is 34.0 Å². The second-order valence-electron chi connectivity index (χ2n) is 22.6. The fourth-order valence-electron chi connectivity index (χ4n) is 15.2. The third kappa shape index (κ3) is 8.16. The molecule has 6 bridgehead atoms. The topological polar surface area (TPSA) is 235 Å². The molecule has 12 atom stereocenters. The predicted octanol–water partition coefficient (Wildman–Crippen LogP) is 6.43. The molecule has 2 aromatic carbocycles. The van der Waals surface area contributed by atoms with E-state index in [9.17, 15) is 40.5 Å². The summed E-state index contributed by atoms with van der Waals surface area (Å²) >= 11 is 0. The van der Waals surface area contributed by atoms with E-state index in [-0.39, 0.29) is 59.3 Å². The van der Waals surface area contributed by atoms with E-state index in [0.29, 0.717) is 55.7 Å². The molecule has 3 aliphatic heterocycles. The van der Waals surface area contributed by atoms with Crippen LogP contribution in [0, 0.1) is 34.0 Å². The molecule has 9 aliphatic rings. The van der Waals surface area contributed by atoms with E-state index in [2.05, 4.69) is 16.7 Å². The standard InChI is InChI=1S/C56H68N2O12S2/c59-26-33-8-4-7-32(19-33)20-34-21-40-47(63)38-10-5-11-41-46(38)49(65)56(40,43(62)22-34)44(14-18-53(67)16-2-1-3-17-53)72-71-31-58-45-23-39-35(25-57-45)12-13-36-24-52(15-6-9-37(52)27-60)29-54(36,39)30-55(68)48(64)42(28-61)70-51(69-41)50(55)66/h4-5,7-8,10-11,19,21-23,27,36-37,40,42,44,48,50-51,57-59,61-62,64,66-68H,1-3,6,9,12-18,20,24-26,28-31H2/t36-,37+,40+,42+,44-,48+,50-,51+,52+,54-,55-,56-/m0/s1. The van der Waals surface area contributed by atoms with Crippen molar-refractivity contribution in [3.05, 3.63) is 111 Å². The first-order valence-corrected chi connectivity index (χ1v) is 28.5. The van der Waals surface area contributed by atoms with Gasteiger partial charge in [-0.05, 0) is 134 Å². The lowest BCUT2D eigenvalue weighted by molar-refractivity contribution is -0.320. The third-order valence-electron chi connectivity index (χ3n) is 18.7. The number of aliphatic hydroxyl groups is 7. The van der Waals surface area contributed by atoms with Gasteiger partial charge in [0, 0.05) is 28.7 Å². The van der Waals surface area contributed by atoms with Gasteiger partial charge >= 0.3 is 0 Å². The minimum Gasteiger partial charge on any atom is -0.511 e. The van der Waals surface area contributed by atoms with Gasteiger partial charge in [0.15, 0.2) is 11.6 Å². The van der Waals surface area contributed by atoms with Crippen LogP contribution in [0.4, 0.5) is 0 Å². The Morgan fingerprint density at radius 2 is 1.71 bits per heavy atom. The summed E-state index contributed by atoms with van der Waals surface area (Å²) in [5.74, 6) is -1.77. The van der Waals surface area contributed by atoms with Gasteiger partial charge in [-0.25, -0.2) is 0 Å². The lowest BCUT2D eigenvalue weighted by Crippen LogP contribution is -2.69. The van der Waals surface area contributed by atoms with Crippen molar-refractivity contribution in [3.63, 3.8) is 0 Å². The fourth-order valence-corrected chi connectivity index (χ4v) is 18.0. The molecule has 4 fully saturated rings. The number of aliphatic hydroxyl groups excluding tert-OH is 5. The van der Waals surface area contributed by atoms with E-state index in [1.807, 2.05) is 24.3 Å². The van der Waals surface area contributed by atoms with Crippen LogP contribution in [0.25, 0.3) is 0 Å². The maximum Gasteiger partial charge on any atom is 0.229 e. The molecular weight excluding hydrogens is 957 g/mol. The molecule has 386 valence electrons. The summed E-state index contributed by atoms with van der Waals surface area (Å²) in [7, 11) is 2.85. The zero-order valence-electron chi connectivity index (χ0n) is 40.6. The Morgan fingerprint density at radius 3 is 2.50 bits per heavy atom. The monoisotopic (exact) mass is 1020 g/mol. The van der Waals surface area contributed by atoms with E-state index in [1.54, 1.807) is 24.3 Å². The third-order valence-corrected chi connectivity index (χ3v) is 21.4. The minimum atomic E-state index is -2.34. The van der Waals surface area contributed by atoms with Gasteiger partial charge in [0.25, 0.3) is 0 Å². The van der Waals surface area contributed by atoms with Crippen LogP contribution in [-0.4, -0.2) is 114 Å². The number of carbonyl (C=O) groups is 3. The summed E-state index contributed by atoms with van der Waals surface area (Å²) in [5, 5.41) is 90.0. The molecule has 3 heterocycles. The molecule has 3 saturated carbocycles. The van der Waals surface area contributed by atoms with E-state index in [4.69, 9.17) is 9.47 Å². The van der Waals surface area contributed by atoms with Gasteiger partial charge in [-0.3, -0.25) is 9.59 Å². The van der Waals surface area contributed by atoms with Crippen molar-refractivity contribution in [1.29, 1.82) is 0 Å². The smallest absolute Gasteiger partial charge is 0.229 e. The summed E-state index contributed by atoms with van der Waals surface area (Å²) in [6.45, 7) is -0.390. The number of hydrogen-bond donors (Lipinski definition) is 9. The fraction of sp³-hybridized carbons (Fsp3) is 0.589. The quantitative estimate of drug-likeness (QED) is 0.102. The zero-order chi connectivity index (χ0) is 50.2. The van der Waals surface area contributed by atoms with Crippen LogP contribution in [-0.2, 0) is 22.6 Å². The minimum absolute atomic E-state index is 0.00806. The molecule has 11 rings (SSSR count). The van der Waals surface area contributed by atoms with Crippen molar-refractivity contribution in [1.82, 2.24) is 10.6 Å². The molecule has 2 aromatic rings. The van der Waals surface area contributed by atoms with Crippen LogP contribution in [0.2, 0.25) is 0 Å². The summed E-state index contributed by atoms with van der Waals surface area (Å²) in [6, 6.07) is 12.0. The lowest BCUT2D eigenvalue weighted by Gasteiger charge is -2.54.